The Morgan fingerprint density at radius 2 is 2.00 bits per heavy atom. The third kappa shape index (κ3) is 3.77. The lowest BCUT2D eigenvalue weighted by atomic mass is 10.00. The molecular formula is C18H19BrCl2N2O. The van der Waals surface area contributed by atoms with Crippen LogP contribution in [0.4, 0.5) is 5.69 Å². The van der Waals surface area contributed by atoms with Crippen molar-refractivity contribution in [3.05, 3.63) is 63.1 Å². The number of ether oxygens (including phenoxy) is 1. The first kappa shape index (κ1) is 19.3. The topological polar surface area (TPSA) is 24.8 Å². The Bertz CT molecular complexity index is 752. The van der Waals surface area contributed by atoms with E-state index in [1.54, 1.807) is 7.11 Å². The number of likely N-dealkylation sites (N-methyl/N-ethyl adjacent to an activating group) is 1. The summed E-state index contributed by atoms with van der Waals surface area (Å²) in [7, 11) is 3.81. The maximum atomic E-state index is 6.42. The molecule has 0 aromatic heterocycles. The molecule has 0 unspecified atom stereocenters. The van der Waals surface area contributed by atoms with Crippen LogP contribution in [0.1, 0.15) is 11.1 Å². The van der Waals surface area contributed by atoms with E-state index in [9.17, 15) is 0 Å². The predicted molar refractivity (Wildman–Crippen MR) is 107 cm³/mol. The first-order chi connectivity index (χ1) is 11.1. The van der Waals surface area contributed by atoms with Crippen LogP contribution in [-0.4, -0.2) is 39.1 Å². The smallest absolute Gasteiger partial charge is 0.0756 e. The van der Waals surface area contributed by atoms with Crippen LogP contribution >= 0.6 is 39.9 Å². The summed E-state index contributed by atoms with van der Waals surface area (Å²) in [5.74, 6) is 0. The number of aliphatic imine (C=N–C) groups is 1. The van der Waals surface area contributed by atoms with Gasteiger partial charge in [0.15, 0.2) is 0 Å². The van der Waals surface area contributed by atoms with Gasteiger partial charge in [-0.05, 0) is 24.3 Å². The number of anilines is 1. The van der Waals surface area contributed by atoms with E-state index in [-0.39, 0.29) is 18.4 Å². The van der Waals surface area contributed by atoms with Crippen molar-refractivity contribution in [2.24, 2.45) is 4.99 Å². The minimum absolute atomic E-state index is 0. The molecule has 0 amide bonds. The monoisotopic (exact) mass is 428 g/mol. The lowest BCUT2D eigenvalue weighted by molar-refractivity contribution is 0.180. The fourth-order valence-corrected chi connectivity index (χ4v) is 3.43. The molecule has 3 rings (SSSR count). The van der Waals surface area contributed by atoms with Gasteiger partial charge in [0.1, 0.15) is 0 Å². The van der Waals surface area contributed by atoms with Crippen molar-refractivity contribution in [2.75, 3.05) is 32.2 Å². The summed E-state index contributed by atoms with van der Waals surface area (Å²) in [5.41, 5.74) is 4.09. The Morgan fingerprint density at radius 1 is 1.25 bits per heavy atom. The van der Waals surface area contributed by atoms with Gasteiger partial charge in [-0.2, -0.15) is 0 Å². The molecule has 1 aliphatic rings. The number of hydrogen-bond donors (Lipinski definition) is 0. The molecule has 0 spiro atoms. The zero-order valence-electron chi connectivity index (χ0n) is 13.5. The van der Waals surface area contributed by atoms with E-state index in [2.05, 4.69) is 46.1 Å². The normalized spacial score (nSPS) is 16.8. The van der Waals surface area contributed by atoms with Crippen molar-refractivity contribution in [3.63, 3.8) is 0 Å². The van der Waals surface area contributed by atoms with Gasteiger partial charge in [-0.25, -0.2) is 0 Å². The molecule has 0 N–H and O–H groups in total. The Morgan fingerprint density at radius 3 is 2.71 bits per heavy atom. The van der Waals surface area contributed by atoms with E-state index in [0.29, 0.717) is 18.2 Å². The first-order valence-electron chi connectivity index (χ1n) is 7.43. The van der Waals surface area contributed by atoms with E-state index in [1.165, 1.54) is 0 Å². The molecule has 0 saturated carbocycles. The van der Waals surface area contributed by atoms with Crippen molar-refractivity contribution in [1.82, 2.24) is 0 Å². The molecular weight excluding hydrogens is 411 g/mol. The van der Waals surface area contributed by atoms with Crippen molar-refractivity contribution in [1.29, 1.82) is 0 Å². The van der Waals surface area contributed by atoms with Crippen LogP contribution in [0.15, 0.2) is 51.9 Å². The lowest BCUT2D eigenvalue weighted by Gasteiger charge is -2.28. The van der Waals surface area contributed by atoms with Crippen LogP contribution in [0.25, 0.3) is 0 Å². The van der Waals surface area contributed by atoms with Crippen LogP contribution < -0.4 is 4.90 Å². The zero-order chi connectivity index (χ0) is 16.4. The average molecular weight is 430 g/mol. The summed E-state index contributed by atoms with van der Waals surface area (Å²) in [6.07, 6.45) is 0. The largest absolute Gasteiger partial charge is 0.382 e. The van der Waals surface area contributed by atoms with E-state index >= 15 is 0 Å². The SMILES string of the molecule is COC[C@@H]1CN=C(c2ccccc2Cl)c2cc(Br)ccc2N1C.Cl. The third-order valence-electron chi connectivity index (χ3n) is 4.09. The van der Waals surface area contributed by atoms with Crippen LogP contribution in [0.2, 0.25) is 5.02 Å². The molecule has 1 aliphatic heterocycles. The molecule has 24 heavy (non-hydrogen) atoms. The highest BCUT2D eigenvalue weighted by Gasteiger charge is 2.25. The van der Waals surface area contributed by atoms with Gasteiger partial charge in [0.25, 0.3) is 0 Å². The quantitative estimate of drug-likeness (QED) is 0.698. The van der Waals surface area contributed by atoms with Gasteiger partial charge in [0.2, 0.25) is 0 Å². The first-order valence-corrected chi connectivity index (χ1v) is 8.60. The molecule has 0 bridgehead atoms. The highest BCUT2D eigenvalue weighted by Crippen LogP contribution is 2.32. The van der Waals surface area contributed by atoms with Gasteiger partial charge >= 0.3 is 0 Å². The number of nitrogens with zero attached hydrogens (tertiary/aromatic N) is 2. The number of halogens is 3. The molecule has 1 atom stereocenters. The fraction of sp³-hybridized carbons (Fsp3) is 0.278. The Labute approximate surface area is 162 Å². The predicted octanol–water partition coefficient (Wildman–Crippen LogP) is 4.83. The van der Waals surface area contributed by atoms with Crippen molar-refractivity contribution in [3.8, 4) is 0 Å². The molecule has 128 valence electrons. The highest BCUT2D eigenvalue weighted by molar-refractivity contribution is 9.10. The summed E-state index contributed by atoms with van der Waals surface area (Å²) in [5, 5.41) is 0.713. The average Bonchev–Trinajstić information content (AvgIpc) is 2.67. The maximum Gasteiger partial charge on any atom is 0.0756 e. The van der Waals surface area contributed by atoms with Gasteiger partial charge in [0, 0.05) is 40.5 Å². The second-order valence-corrected chi connectivity index (χ2v) is 6.87. The minimum Gasteiger partial charge on any atom is -0.382 e. The van der Waals surface area contributed by atoms with Crippen LogP contribution in [0, 0.1) is 0 Å². The second-order valence-electron chi connectivity index (χ2n) is 5.55. The maximum absolute atomic E-state index is 6.42. The number of rotatable bonds is 3. The lowest BCUT2D eigenvalue weighted by Crippen LogP contribution is -2.37. The number of methoxy groups -OCH3 is 1. The fourth-order valence-electron chi connectivity index (χ4n) is 2.85. The van der Waals surface area contributed by atoms with Crippen molar-refractivity contribution < 1.29 is 4.74 Å². The molecule has 3 nitrogen and oxygen atoms in total. The molecule has 6 heteroatoms. The van der Waals surface area contributed by atoms with Gasteiger partial charge in [-0.1, -0.05) is 45.7 Å². The number of benzene rings is 2. The summed E-state index contributed by atoms with van der Waals surface area (Å²) < 4.78 is 6.39. The summed E-state index contributed by atoms with van der Waals surface area (Å²) in [6, 6.07) is 14.3. The molecule has 2 aromatic carbocycles. The number of fused-ring (bicyclic) bond motifs is 1. The Kier molecular flexibility index (Phi) is 6.70. The zero-order valence-corrected chi connectivity index (χ0v) is 16.7. The van der Waals surface area contributed by atoms with Gasteiger partial charge in [0.05, 0.1) is 24.9 Å². The van der Waals surface area contributed by atoms with E-state index in [4.69, 9.17) is 21.3 Å². The molecule has 1 heterocycles. The summed E-state index contributed by atoms with van der Waals surface area (Å²) in [4.78, 5) is 7.11. The third-order valence-corrected chi connectivity index (χ3v) is 4.91. The van der Waals surface area contributed by atoms with Crippen LogP contribution in [0.3, 0.4) is 0 Å². The Hall–Kier alpha value is -1.07. The minimum atomic E-state index is 0. The standard InChI is InChI=1S/C18H18BrClN2O.ClH/c1-22-13(11-23-2)10-21-18(14-5-3-4-6-16(14)20)15-9-12(19)7-8-17(15)22;/h3-9,13H,10-11H2,1-2H3;1H/t13-;/m0./s1. The van der Waals surface area contributed by atoms with Crippen LogP contribution in [0.5, 0.6) is 0 Å². The number of benzodiazepines with no additional fused rings is 1. The molecule has 0 fully saturated rings. The Balaban J connectivity index is 0.00000208. The van der Waals surface area contributed by atoms with E-state index in [0.717, 1.165) is 27.0 Å². The molecule has 0 aliphatic carbocycles. The van der Waals surface area contributed by atoms with Gasteiger partial charge in [-0.15, -0.1) is 12.4 Å². The highest BCUT2D eigenvalue weighted by atomic mass is 79.9. The second kappa shape index (κ2) is 8.34. The summed E-state index contributed by atoms with van der Waals surface area (Å²) >= 11 is 9.99. The number of hydrogen-bond acceptors (Lipinski definition) is 3. The van der Waals surface area contributed by atoms with E-state index < -0.39 is 0 Å². The van der Waals surface area contributed by atoms with Gasteiger partial charge in [-0.3, -0.25) is 4.99 Å². The summed E-state index contributed by atoms with van der Waals surface area (Å²) in [6.45, 7) is 1.29. The van der Waals surface area contributed by atoms with E-state index in [1.807, 2.05) is 24.3 Å². The van der Waals surface area contributed by atoms with Gasteiger partial charge < -0.3 is 9.64 Å². The molecule has 0 radical (unpaired) electrons. The van der Waals surface area contributed by atoms with Crippen LogP contribution in [-0.2, 0) is 4.74 Å². The molecule has 0 saturated heterocycles. The molecule has 2 aromatic rings. The van der Waals surface area contributed by atoms with Crippen molar-refractivity contribution in [2.45, 2.75) is 6.04 Å². The van der Waals surface area contributed by atoms with Crippen molar-refractivity contribution >= 4 is 51.3 Å².